The molecule has 1 N–H and O–H groups in total. The Balaban J connectivity index is 1.71. The molecule has 0 saturated carbocycles. The molecule has 24 heavy (non-hydrogen) atoms. The average Bonchev–Trinajstić information content (AvgIpc) is 3.05. The van der Waals surface area contributed by atoms with Crippen LogP contribution in [0.15, 0.2) is 59.6 Å². The smallest absolute Gasteiger partial charge is 0.235 e. The van der Waals surface area contributed by atoms with Gasteiger partial charge in [-0.05, 0) is 42.3 Å². The molecule has 0 heterocycles. The lowest BCUT2D eigenvalue weighted by atomic mass is 10.00. The summed E-state index contributed by atoms with van der Waals surface area (Å²) in [6.07, 6.45) is 3.95. The van der Waals surface area contributed by atoms with Crippen molar-refractivity contribution < 1.29 is 4.79 Å². The monoisotopic (exact) mass is 319 g/mol. The summed E-state index contributed by atoms with van der Waals surface area (Å²) in [6.45, 7) is 1.96. The number of aliphatic imine (C=N–C) groups is 1. The first-order chi connectivity index (χ1) is 11.6. The van der Waals surface area contributed by atoms with E-state index in [1.54, 1.807) is 7.05 Å². The summed E-state index contributed by atoms with van der Waals surface area (Å²) in [7, 11) is 3.74. The van der Waals surface area contributed by atoms with Gasteiger partial charge < -0.3 is 10.2 Å². The number of amides is 1. The van der Waals surface area contributed by atoms with Crippen LogP contribution in [0.5, 0.6) is 0 Å². The lowest BCUT2D eigenvalue weighted by Crippen LogP contribution is -2.23. The standard InChI is InChI=1S/C20H21N3O/c1-14(21-2)23(3)17-11-9-16(10-12-17)22-20(24)19-13-8-15-6-4-5-7-18(15)19/h4-13,19H,1-3H3,(H,22,24). The van der Waals surface area contributed by atoms with Gasteiger partial charge in [0.2, 0.25) is 5.91 Å². The van der Waals surface area contributed by atoms with Gasteiger partial charge in [0.1, 0.15) is 0 Å². The second kappa shape index (κ2) is 6.71. The molecule has 1 unspecified atom stereocenters. The van der Waals surface area contributed by atoms with Gasteiger partial charge in [-0.2, -0.15) is 0 Å². The lowest BCUT2D eigenvalue weighted by Gasteiger charge is -2.19. The van der Waals surface area contributed by atoms with E-state index in [0.29, 0.717) is 0 Å². The first-order valence-electron chi connectivity index (χ1n) is 7.95. The van der Waals surface area contributed by atoms with Crippen LogP contribution in [-0.4, -0.2) is 25.8 Å². The molecule has 1 aliphatic carbocycles. The Morgan fingerprint density at radius 1 is 1.12 bits per heavy atom. The molecule has 0 aliphatic heterocycles. The molecule has 2 aromatic rings. The van der Waals surface area contributed by atoms with Crippen LogP contribution < -0.4 is 10.2 Å². The highest BCUT2D eigenvalue weighted by molar-refractivity contribution is 6.00. The van der Waals surface area contributed by atoms with E-state index in [-0.39, 0.29) is 11.8 Å². The molecule has 122 valence electrons. The summed E-state index contributed by atoms with van der Waals surface area (Å²) in [5.41, 5.74) is 3.99. The molecule has 0 bridgehead atoms. The topological polar surface area (TPSA) is 44.7 Å². The predicted molar refractivity (Wildman–Crippen MR) is 101 cm³/mol. The van der Waals surface area contributed by atoms with E-state index in [9.17, 15) is 4.79 Å². The number of amidine groups is 1. The van der Waals surface area contributed by atoms with Crippen LogP contribution in [0.1, 0.15) is 24.0 Å². The summed E-state index contributed by atoms with van der Waals surface area (Å²) < 4.78 is 0. The number of fused-ring (bicyclic) bond motifs is 1. The van der Waals surface area contributed by atoms with E-state index < -0.39 is 0 Å². The number of hydrogen-bond donors (Lipinski definition) is 1. The molecule has 4 heteroatoms. The van der Waals surface area contributed by atoms with Crippen LogP contribution in [0.25, 0.3) is 6.08 Å². The van der Waals surface area contributed by atoms with Gasteiger partial charge >= 0.3 is 0 Å². The van der Waals surface area contributed by atoms with Crippen molar-refractivity contribution in [2.75, 3.05) is 24.3 Å². The van der Waals surface area contributed by atoms with Crippen molar-refractivity contribution in [3.05, 3.63) is 65.7 Å². The van der Waals surface area contributed by atoms with Crippen molar-refractivity contribution >= 4 is 29.2 Å². The van der Waals surface area contributed by atoms with Crippen molar-refractivity contribution in [1.82, 2.24) is 0 Å². The highest BCUT2D eigenvalue weighted by atomic mass is 16.1. The molecule has 3 rings (SSSR count). The van der Waals surface area contributed by atoms with Gasteiger partial charge in [0.05, 0.1) is 11.8 Å². The van der Waals surface area contributed by atoms with E-state index in [4.69, 9.17) is 0 Å². The maximum atomic E-state index is 12.6. The third-order valence-electron chi connectivity index (χ3n) is 4.41. The number of anilines is 2. The molecule has 4 nitrogen and oxygen atoms in total. The minimum atomic E-state index is -0.224. The van der Waals surface area contributed by atoms with Gasteiger partial charge in [-0.3, -0.25) is 9.79 Å². The predicted octanol–water partition coefficient (Wildman–Crippen LogP) is 3.92. The van der Waals surface area contributed by atoms with Crippen molar-refractivity contribution in [1.29, 1.82) is 0 Å². The number of carbonyl (C=O) groups is 1. The van der Waals surface area contributed by atoms with Gasteiger partial charge in [0.25, 0.3) is 0 Å². The van der Waals surface area contributed by atoms with Crippen LogP contribution in [-0.2, 0) is 4.79 Å². The number of nitrogens with one attached hydrogen (secondary N) is 1. The van der Waals surface area contributed by atoms with E-state index in [2.05, 4.69) is 10.3 Å². The van der Waals surface area contributed by atoms with E-state index >= 15 is 0 Å². The van der Waals surface area contributed by atoms with Crippen LogP contribution in [0.4, 0.5) is 11.4 Å². The molecule has 0 saturated heterocycles. The molecule has 1 atom stereocenters. The summed E-state index contributed by atoms with van der Waals surface area (Å²) in [5.74, 6) is 0.695. The second-order valence-corrected chi connectivity index (χ2v) is 5.83. The minimum absolute atomic E-state index is 0.0106. The zero-order valence-corrected chi connectivity index (χ0v) is 14.2. The SMILES string of the molecule is CN=C(C)N(C)c1ccc(NC(=O)C2C=Cc3ccccc32)cc1. The Morgan fingerprint density at radius 3 is 2.54 bits per heavy atom. The maximum Gasteiger partial charge on any atom is 0.235 e. The number of carbonyl (C=O) groups excluding carboxylic acids is 1. The van der Waals surface area contributed by atoms with Crippen molar-refractivity contribution in [2.24, 2.45) is 4.99 Å². The summed E-state index contributed by atoms with van der Waals surface area (Å²) >= 11 is 0. The molecule has 1 amide bonds. The largest absolute Gasteiger partial charge is 0.334 e. The first-order valence-corrected chi connectivity index (χ1v) is 7.95. The molecule has 0 radical (unpaired) electrons. The summed E-state index contributed by atoms with van der Waals surface area (Å²) in [5, 5.41) is 3.00. The Morgan fingerprint density at radius 2 is 1.83 bits per heavy atom. The number of hydrogen-bond acceptors (Lipinski definition) is 2. The number of benzene rings is 2. The summed E-state index contributed by atoms with van der Waals surface area (Å²) in [4.78, 5) is 18.7. The zero-order valence-electron chi connectivity index (χ0n) is 14.2. The van der Waals surface area contributed by atoms with Crippen LogP contribution >= 0.6 is 0 Å². The van der Waals surface area contributed by atoms with Gasteiger partial charge in [-0.25, -0.2) is 0 Å². The van der Waals surface area contributed by atoms with E-state index in [1.807, 2.05) is 79.6 Å². The fourth-order valence-corrected chi connectivity index (χ4v) is 2.80. The van der Waals surface area contributed by atoms with E-state index in [1.165, 1.54) is 0 Å². The van der Waals surface area contributed by atoms with Crippen molar-refractivity contribution in [3.63, 3.8) is 0 Å². The van der Waals surface area contributed by atoms with Crippen LogP contribution in [0, 0.1) is 0 Å². The quantitative estimate of drug-likeness (QED) is 0.688. The molecule has 1 aliphatic rings. The first kappa shape index (κ1) is 16.0. The van der Waals surface area contributed by atoms with Gasteiger partial charge in [0.15, 0.2) is 0 Å². The Kier molecular flexibility index (Phi) is 4.47. The van der Waals surface area contributed by atoms with Crippen molar-refractivity contribution in [2.45, 2.75) is 12.8 Å². The second-order valence-electron chi connectivity index (χ2n) is 5.83. The third kappa shape index (κ3) is 3.08. The molecule has 0 aromatic heterocycles. The third-order valence-corrected chi connectivity index (χ3v) is 4.41. The summed E-state index contributed by atoms with van der Waals surface area (Å²) in [6, 6.07) is 15.8. The fraction of sp³-hybridized carbons (Fsp3) is 0.200. The van der Waals surface area contributed by atoms with E-state index in [0.717, 1.165) is 28.3 Å². The van der Waals surface area contributed by atoms with Gasteiger partial charge in [-0.15, -0.1) is 0 Å². The highest BCUT2D eigenvalue weighted by Gasteiger charge is 2.23. The molecular formula is C20H21N3O. The maximum absolute atomic E-state index is 12.6. The number of nitrogens with zero attached hydrogens (tertiary/aromatic N) is 2. The van der Waals surface area contributed by atoms with Gasteiger partial charge in [-0.1, -0.05) is 36.4 Å². The molecular weight excluding hydrogens is 298 g/mol. The number of rotatable bonds is 3. The molecule has 0 spiro atoms. The Labute approximate surface area is 142 Å². The molecule has 0 fully saturated rings. The average molecular weight is 319 g/mol. The Hall–Kier alpha value is -2.88. The van der Waals surface area contributed by atoms with Crippen LogP contribution in [0.2, 0.25) is 0 Å². The molecule has 2 aromatic carbocycles. The minimum Gasteiger partial charge on any atom is -0.334 e. The zero-order chi connectivity index (χ0) is 17.1. The Bertz CT molecular complexity index is 806. The highest BCUT2D eigenvalue weighted by Crippen LogP contribution is 2.30. The van der Waals surface area contributed by atoms with Crippen LogP contribution in [0.3, 0.4) is 0 Å². The lowest BCUT2D eigenvalue weighted by molar-refractivity contribution is -0.116. The van der Waals surface area contributed by atoms with Gasteiger partial charge in [0, 0.05) is 25.5 Å². The normalized spacial score (nSPS) is 16.0. The fourth-order valence-electron chi connectivity index (χ4n) is 2.80. The van der Waals surface area contributed by atoms with Crippen molar-refractivity contribution in [3.8, 4) is 0 Å².